The van der Waals surface area contributed by atoms with Crippen LogP contribution in [0.2, 0.25) is 10.4 Å². The molecule has 1 heterocycles. The molecule has 0 atom stereocenters. The van der Waals surface area contributed by atoms with Gasteiger partial charge in [0.15, 0.2) is 5.78 Å². The number of carbonyl (C=O) groups is 1. The summed E-state index contributed by atoms with van der Waals surface area (Å²) in [4.78, 5) is 15.7. The molecule has 1 aromatic heterocycles. The first-order valence-corrected chi connectivity index (χ1v) is 5.89. The van der Waals surface area contributed by atoms with Gasteiger partial charge in [-0.1, -0.05) is 41.9 Å². The summed E-state index contributed by atoms with van der Waals surface area (Å²) in [5, 5.41) is 0.637. The van der Waals surface area contributed by atoms with Crippen LogP contribution in [0.1, 0.15) is 16.8 Å². The number of aryl methyl sites for hydroxylation is 1. The molecule has 0 aliphatic heterocycles. The number of nitrogens with zero attached hydrogens (tertiary/aromatic N) is 2. The lowest BCUT2D eigenvalue weighted by Crippen LogP contribution is -2.05. The predicted octanol–water partition coefficient (Wildman–Crippen LogP) is 3.46. The van der Waals surface area contributed by atoms with Gasteiger partial charge in [0.05, 0.1) is 0 Å². The average molecular weight is 269 g/mol. The first-order chi connectivity index (χ1) is 8.16. The lowest BCUT2D eigenvalue weighted by atomic mass is 10.1. The van der Waals surface area contributed by atoms with Crippen molar-refractivity contribution in [2.75, 3.05) is 0 Å². The molecule has 0 aliphatic rings. The van der Waals surface area contributed by atoms with Gasteiger partial charge >= 0.3 is 0 Å². The monoisotopic (exact) mass is 268 g/mol. The lowest BCUT2D eigenvalue weighted by molar-refractivity contribution is 0.0977. The summed E-state index contributed by atoms with van der Waals surface area (Å²) in [7, 11) is 0. The second-order valence-electron chi connectivity index (χ2n) is 3.57. The first kappa shape index (κ1) is 12.1. The van der Waals surface area contributed by atoms with Gasteiger partial charge in [-0.2, -0.15) is 0 Å². The summed E-state index contributed by atoms with van der Waals surface area (Å²) >= 11 is 11.5. The Morgan fingerprint density at radius 1 is 1.24 bits per heavy atom. The fraction of sp³-hybridized carbons (Fsp3) is 0.167. The third-order valence-electron chi connectivity index (χ3n) is 2.37. The highest BCUT2D eigenvalue weighted by Gasteiger charge is 2.08. The molecular weight excluding hydrogens is 259 g/mol. The van der Waals surface area contributed by atoms with Crippen molar-refractivity contribution in [1.29, 1.82) is 0 Å². The number of aromatic nitrogens is 2. The molecule has 0 aliphatic carbocycles. The van der Waals surface area contributed by atoms with Crippen molar-refractivity contribution in [2.45, 2.75) is 13.0 Å². The SMILES string of the molecule is O=C(CCn1cc(Cl)nc1Cl)c1ccccc1. The lowest BCUT2D eigenvalue weighted by Gasteiger charge is -2.03. The predicted molar refractivity (Wildman–Crippen MR) is 67.6 cm³/mol. The Balaban J connectivity index is 1.99. The van der Waals surface area contributed by atoms with Crippen LogP contribution in [0.25, 0.3) is 0 Å². The van der Waals surface area contributed by atoms with Crippen molar-refractivity contribution in [3.05, 3.63) is 52.5 Å². The molecule has 5 heteroatoms. The molecule has 0 saturated heterocycles. The standard InChI is InChI=1S/C12H10Cl2N2O/c13-11-8-16(12(14)15-11)7-6-10(17)9-4-2-1-3-5-9/h1-5,8H,6-7H2. The van der Waals surface area contributed by atoms with E-state index < -0.39 is 0 Å². The summed E-state index contributed by atoms with van der Waals surface area (Å²) in [6.07, 6.45) is 1.98. The van der Waals surface area contributed by atoms with E-state index in [1.807, 2.05) is 18.2 Å². The highest BCUT2D eigenvalue weighted by atomic mass is 35.5. The maximum atomic E-state index is 11.8. The number of hydrogen-bond acceptors (Lipinski definition) is 2. The summed E-state index contributed by atoms with van der Waals surface area (Å²) in [5.74, 6) is 0.0755. The largest absolute Gasteiger partial charge is 0.320 e. The van der Waals surface area contributed by atoms with Crippen LogP contribution in [0.4, 0.5) is 0 Å². The van der Waals surface area contributed by atoms with Crippen molar-refractivity contribution in [2.24, 2.45) is 0 Å². The topological polar surface area (TPSA) is 34.9 Å². The summed E-state index contributed by atoms with van der Waals surface area (Å²) in [5.41, 5.74) is 0.704. The van der Waals surface area contributed by atoms with E-state index in [9.17, 15) is 4.79 Å². The third kappa shape index (κ3) is 3.08. The van der Waals surface area contributed by atoms with E-state index in [-0.39, 0.29) is 5.78 Å². The van der Waals surface area contributed by atoms with E-state index in [1.54, 1.807) is 22.9 Å². The molecule has 2 rings (SSSR count). The molecular formula is C12H10Cl2N2O. The molecule has 1 aromatic carbocycles. The van der Waals surface area contributed by atoms with Gasteiger partial charge < -0.3 is 4.57 Å². The Morgan fingerprint density at radius 2 is 1.94 bits per heavy atom. The molecule has 88 valence electrons. The molecule has 3 nitrogen and oxygen atoms in total. The van der Waals surface area contributed by atoms with Gasteiger partial charge in [-0.3, -0.25) is 4.79 Å². The maximum absolute atomic E-state index is 11.8. The van der Waals surface area contributed by atoms with E-state index in [2.05, 4.69) is 4.98 Å². The fourth-order valence-corrected chi connectivity index (χ4v) is 1.98. The summed E-state index contributed by atoms with van der Waals surface area (Å²) < 4.78 is 1.66. The number of ketones is 1. The average Bonchev–Trinajstić information content (AvgIpc) is 2.66. The molecule has 0 amide bonds. The molecule has 0 fully saturated rings. The molecule has 2 aromatic rings. The molecule has 17 heavy (non-hydrogen) atoms. The Labute approximate surface area is 109 Å². The van der Waals surface area contributed by atoms with Gasteiger partial charge in [-0.05, 0) is 11.6 Å². The number of benzene rings is 1. The number of imidazole rings is 1. The molecule has 0 saturated carbocycles. The summed E-state index contributed by atoms with van der Waals surface area (Å²) in [6, 6.07) is 9.15. The van der Waals surface area contributed by atoms with Crippen LogP contribution in [0.3, 0.4) is 0 Å². The third-order valence-corrected chi connectivity index (χ3v) is 2.86. The van der Waals surface area contributed by atoms with Gasteiger partial charge in [0, 0.05) is 24.7 Å². The Bertz CT molecular complexity index is 523. The zero-order chi connectivity index (χ0) is 12.3. The Morgan fingerprint density at radius 3 is 2.53 bits per heavy atom. The van der Waals surface area contributed by atoms with Crippen LogP contribution in [-0.2, 0) is 6.54 Å². The van der Waals surface area contributed by atoms with Crippen molar-refractivity contribution in [3.63, 3.8) is 0 Å². The fourth-order valence-electron chi connectivity index (χ4n) is 1.51. The molecule has 0 bridgehead atoms. The normalized spacial score (nSPS) is 10.5. The number of hydrogen-bond donors (Lipinski definition) is 0. The number of carbonyl (C=O) groups excluding carboxylic acids is 1. The maximum Gasteiger partial charge on any atom is 0.204 e. The number of halogens is 2. The Kier molecular flexibility index (Phi) is 3.82. The van der Waals surface area contributed by atoms with Gasteiger partial charge in [-0.15, -0.1) is 0 Å². The van der Waals surface area contributed by atoms with E-state index in [1.165, 1.54) is 0 Å². The van der Waals surface area contributed by atoms with Crippen molar-refractivity contribution in [1.82, 2.24) is 9.55 Å². The van der Waals surface area contributed by atoms with Crippen LogP contribution in [0.15, 0.2) is 36.5 Å². The molecule has 0 radical (unpaired) electrons. The van der Waals surface area contributed by atoms with Crippen LogP contribution in [-0.4, -0.2) is 15.3 Å². The van der Waals surface area contributed by atoms with Crippen LogP contribution < -0.4 is 0 Å². The van der Waals surface area contributed by atoms with Gasteiger partial charge in [0.2, 0.25) is 5.28 Å². The van der Waals surface area contributed by atoms with E-state index in [0.717, 1.165) is 0 Å². The molecule has 0 spiro atoms. The quantitative estimate of drug-likeness (QED) is 0.796. The van der Waals surface area contributed by atoms with E-state index in [0.29, 0.717) is 29.0 Å². The second kappa shape index (κ2) is 5.34. The van der Waals surface area contributed by atoms with Crippen LogP contribution in [0.5, 0.6) is 0 Å². The van der Waals surface area contributed by atoms with Crippen molar-refractivity contribution < 1.29 is 4.79 Å². The second-order valence-corrected chi connectivity index (χ2v) is 4.29. The van der Waals surface area contributed by atoms with Gasteiger partial charge in [-0.25, -0.2) is 4.98 Å². The van der Waals surface area contributed by atoms with Crippen molar-refractivity contribution in [3.8, 4) is 0 Å². The first-order valence-electron chi connectivity index (χ1n) is 5.13. The van der Waals surface area contributed by atoms with Crippen LogP contribution in [0, 0.1) is 0 Å². The Hall–Kier alpha value is -1.32. The number of rotatable bonds is 4. The highest BCUT2D eigenvalue weighted by molar-refractivity contribution is 6.32. The van der Waals surface area contributed by atoms with E-state index >= 15 is 0 Å². The van der Waals surface area contributed by atoms with Gasteiger partial charge in [0.1, 0.15) is 5.15 Å². The van der Waals surface area contributed by atoms with Crippen molar-refractivity contribution >= 4 is 29.0 Å². The molecule has 0 N–H and O–H groups in total. The van der Waals surface area contributed by atoms with Gasteiger partial charge in [0.25, 0.3) is 0 Å². The van der Waals surface area contributed by atoms with Crippen LogP contribution >= 0.6 is 23.2 Å². The minimum Gasteiger partial charge on any atom is -0.320 e. The smallest absolute Gasteiger partial charge is 0.204 e. The molecule has 0 unspecified atom stereocenters. The minimum absolute atomic E-state index is 0.0755. The zero-order valence-electron chi connectivity index (χ0n) is 8.94. The summed E-state index contributed by atoms with van der Waals surface area (Å²) in [6.45, 7) is 0.478. The van der Waals surface area contributed by atoms with E-state index in [4.69, 9.17) is 23.2 Å². The number of Topliss-reactive ketones (excluding diaryl/α,β-unsaturated/α-hetero) is 1. The highest BCUT2D eigenvalue weighted by Crippen LogP contribution is 2.14. The minimum atomic E-state index is 0.0755. The zero-order valence-corrected chi connectivity index (χ0v) is 10.4.